The summed E-state index contributed by atoms with van der Waals surface area (Å²) < 4.78 is 0. The molecule has 0 aliphatic heterocycles. The molecule has 46 heavy (non-hydrogen) atoms. The van der Waals surface area contributed by atoms with Gasteiger partial charge in [0.05, 0.1) is 0 Å². The van der Waals surface area contributed by atoms with Gasteiger partial charge in [0.1, 0.15) is 0 Å². The molecule has 8 aromatic rings. The maximum Gasteiger partial charge on any atom is 0.0165 e. The van der Waals surface area contributed by atoms with Crippen LogP contribution in [0.15, 0.2) is 103 Å². The zero-order valence-corrected chi connectivity index (χ0v) is 27.8. The minimum atomic E-state index is -0.122. The van der Waals surface area contributed by atoms with Crippen LogP contribution in [0.25, 0.3) is 76.1 Å². The second-order valence-corrected chi connectivity index (χ2v) is 16.2. The predicted molar refractivity (Wildman–Crippen MR) is 199 cm³/mol. The lowest BCUT2D eigenvalue weighted by Crippen LogP contribution is -2.17. The van der Waals surface area contributed by atoms with Gasteiger partial charge in [0.25, 0.3) is 0 Å². The topological polar surface area (TPSA) is 0 Å². The highest BCUT2D eigenvalue weighted by molar-refractivity contribution is 6.27. The molecule has 0 atom stereocenters. The normalized spacial score (nSPS) is 16.1. The largest absolute Gasteiger partial charge is 0.0616 e. The maximum absolute atomic E-state index is 2.59. The lowest BCUT2D eigenvalue weighted by Gasteiger charge is -2.25. The summed E-state index contributed by atoms with van der Waals surface area (Å²) in [5.41, 5.74) is 12.8. The Hall–Kier alpha value is -4.68. The van der Waals surface area contributed by atoms with Crippen molar-refractivity contribution in [1.29, 1.82) is 0 Å². The molecule has 222 valence electrons. The minimum Gasteiger partial charge on any atom is -0.0616 e. The van der Waals surface area contributed by atoms with E-state index in [0.29, 0.717) is 0 Å². The van der Waals surface area contributed by atoms with E-state index in [1.165, 1.54) is 104 Å². The summed E-state index contributed by atoms with van der Waals surface area (Å²) in [5, 5.41) is 13.7. The quantitative estimate of drug-likeness (QED) is 0.154. The molecule has 0 radical (unpaired) electrons. The Labute approximate surface area is 271 Å². The Morgan fingerprint density at radius 1 is 0.435 bits per heavy atom. The van der Waals surface area contributed by atoms with E-state index in [1.54, 1.807) is 0 Å². The molecule has 0 aromatic heterocycles. The third-order valence-electron chi connectivity index (χ3n) is 11.9. The smallest absolute Gasteiger partial charge is 0.0165 e. The molecule has 0 saturated carbocycles. The van der Waals surface area contributed by atoms with Gasteiger partial charge >= 0.3 is 0 Å². The molecule has 0 amide bonds. The molecule has 2 aliphatic carbocycles. The molecule has 0 bridgehead atoms. The van der Waals surface area contributed by atoms with Crippen LogP contribution < -0.4 is 0 Å². The summed E-state index contributed by atoms with van der Waals surface area (Å²) in [4.78, 5) is 0. The highest BCUT2D eigenvalue weighted by Gasteiger charge is 2.44. The molecule has 0 N–H and O–H groups in total. The van der Waals surface area contributed by atoms with Gasteiger partial charge in [-0.15, -0.1) is 0 Å². The van der Waals surface area contributed by atoms with Crippen LogP contribution in [0.3, 0.4) is 0 Å². The Balaban J connectivity index is 1.31. The van der Waals surface area contributed by atoms with Gasteiger partial charge in [-0.3, -0.25) is 0 Å². The first-order valence-corrected chi connectivity index (χ1v) is 16.9. The number of fused-ring (bicyclic) bond motifs is 12. The molecule has 0 spiro atoms. The van der Waals surface area contributed by atoms with Crippen LogP contribution in [0.2, 0.25) is 0 Å². The molecule has 0 heteroatoms. The van der Waals surface area contributed by atoms with Crippen molar-refractivity contribution in [2.24, 2.45) is 0 Å². The first-order valence-electron chi connectivity index (χ1n) is 16.9. The number of rotatable bonds is 0. The van der Waals surface area contributed by atoms with E-state index < -0.39 is 0 Å². The highest BCUT2D eigenvalue weighted by Crippen LogP contribution is 2.60. The Morgan fingerprint density at radius 2 is 0.957 bits per heavy atom. The Bertz CT molecular complexity index is 2630. The number of hydrogen-bond acceptors (Lipinski definition) is 0. The Morgan fingerprint density at radius 3 is 1.61 bits per heavy atom. The van der Waals surface area contributed by atoms with Crippen LogP contribution >= 0.6 is 0 Å². The fraction of sp³-hybridized carbons (Fsp3) is 0.217. The zero-order valence-electron chi connectivity index (χ0n) is 27.8. The summed E-state index contributed by atoms with van der Waals surface area (Å²) in [5.74, 6) is 0. The predicted octanol–water partition coefficient (Wildman–Crippen LogP) is 12.8. The molecule has 0 fully saturated rings. The van der Waals surface area contributed by atoms with E-state index in [1.807, 2.05) is 0 Å². The van der Waals surface area contributed by atoms with Crippen molar-refractivity contribution >= 4 is 53.9 Å². The summed E-state index contributed by atoms with van der Waals surface area (Å²) >= 11 is 0. The lowest BCUT2D eigenvalue weighted by atomic mass is 9.78. The Kier molecular flexibility index (Phi) is 4.72. The van der Waals surface area contributed by atoms with Gasteiger partial charge in [0.2, 0.25) is 0 Å². The lowest BCUT2D eigenvalue weighted by molar-refractivity contribution is 0.591. The second kappa shape index (κ2) is 8.18. The molecule has 0 heterocycles. The zero-order chi connectivity index (χ0) is 31.5. The van der Waals surface area contributed by atoms with E-state index in [9.17, 15) is 0 Å². The SMILES string of the molecule is CC(C)(C)c1cc2ccc3cc4c(c5ccc(c1)c2c35)-c1cc2c(cc1C4(C)C)-c1c(c3ccccc3c3ccccc13)C2(C)C. The molecule has 0 unspecified atom stereocenters. The van der Waals surface area contributed by atoms with E-state index in [2.05, 4.69) is 152 Å². The molecule has 0 nitrogen and oxygen atoms in total. The van der Waals surface area contributed by atoms with Gasteiger partial charge in [-0.05, 0) is 128 Å². The van der Waals surface area contributed by atoms with Crippen LogP contribution in [0.4, 0.5) is 0 Å². The van der Waals surface area contributed by atoms with E-state index in [0.717, 1.165) is 0 Å². The van der Waals surface area contributed by atoms with E-state index in [4.69, 9.17) is 0 Å². The molecule has 10 rings (SSSR count). The van der Waals surface area contributed by atoms with E-state index in [-0.39, 0.29) is 16.2 Å². The van der Waals surface area contributed by atoms with Gasteiger partial charge in [0.15, 0.2) is 0 Å². The van der Waals surface area contributed by atoms with Gasteiger partial charge < -0.3 is 0 Å². The van der Waals surface area contributed by atoms with Crippen molar-refractivity contribution in [2.45, 2.75) is 64.7 Å². The highest BCUT2D eigenvalue weighted by atomic mass is 14.5. The fourth-order valence-electron chi connectivity index (χ4n) is 9.51. The van der Waals surface area contributed by atoms with Crippen LogP contribution in [0, 0.1) is 0 Å². The molecule has 2 aliphatic rings. The van der Waals surface area contributed by atoms with Gasteiger partial charge in [-0.2, -0.15) is 0 Å². The standard InChI is InChI=1S/C46H38/c1-44(2,3)28-20-25-16-17-27-22-38-41(33-19-18-26(21-28)39(25)40(27)33)34-23-37-35(24-36(34)45(38,4)5)42-31-14-10-8-12-29(31)30-13-9-11-15-32(30)43(42)46(37,6)7/h8-24H,1-7H3. The average Bonchev–Trinajstić information content (AvgIpc) is 3.41. The molecular formula is C46H38. The minimum absolute atomic E-state index is 0.107. The summed E-state index contributed by atoms with van der Waals surface area (Å²) in [6.45, 7) is 16.7. The monoisotopic (exact) mass is 590 g/mol. The third-order valence-corrected chi connectivity index (χ3v) is 11.9. The first-order chi connectivity index (χ1) is 22.0. The van der Waals surface area contributed by atoms with Crippen LogP contribution in [0.1, 0.15) is 76.3 Å². The van der Waals surface area contributed by atoms with Crippen molar-refractivity contribution in [1.82, 2.24) is 0 Å². The molecule has 0 saturated heterocycles. The summed E-state index contributed by atoms with van der Waals surface area (Å²) in [6.07, 6.45) is 0. The summed E-state index contributed by atoms with van der Waals surface area (Å²) in [7, 11) is 0. The third kappa shape index (κ3) is 3.06. The van der Waals surface area contributed by atoms with Crippen molar-refractivity contribution < 1.29 is 0 Å². The number of benzene rings is 8. The van der Waals surface area contributed by atoms with Crippen LogP contribution in [-0.4, -0.2) is 0 Å². The number of hydrogen-bond donors (Lipinski definition) is 0. The fourth-order valence-corrected chi connectivity index (χ4v) is 9.51. The van der Waals surface area contributed by atoms with Gasteiger partial charge in [-0.1, -0.05) is 133 Å². The van der Waals surface area contributed by atoms with Gasteiger partial charge in [0, 0.05) is 10.8 Å². The summed E-state index contributed by atoms with van der Waals surface area (Å²) in [6, 6.07) is 40.2. The van der Waals surface area contributed by atoms with E-state index >= 15 is 0 Å². The maximum atomic E-state index is 2.59. The average molecular weight is 591 g/mol. The van der Waals surface area contributed by atoms with Gasteiger partial charge in [-0.25, -0.2) is 0 Å². The molecule has 8 aromatic carbocycles. The van der Waals surface area contributed by atoms with Crippen molar-refractivity contribution in [3.05, 3.63) is 131 Å². The van der Waals surface area contributed by atoms with Crippen LogP contribution in [0.5, 0.6) is 0 Å². The first kappa shape index (κ1) is 26.5. The van der Waals surface area contributed by atoms with Crippen molar-refractivity contribution in [3.8, 4) is 22.3 Å². The second-order valence-electron chi connectivity index (χ2n) is 16.2. The van der Waals surface area contributed by atoms with Crippen LogP contribution in [-0.2, 0) is 16.2 Å². The molecular weight excluding hydrogens is 553 g/mol. The van der Waals surface area contributed by atoms with Crippen molar-refractivity contribution in [3.63, 3.8) is 0 Å². The van der Waals surface area contributed by atoms with Crippen molar-refractivity contribution in [2.75, 3.05) is 0 Å².